The highest BCUT2D eigenvalue weighted by Gasteiger charge is 2.33. The second kappa shape index (κ2) is 6.14. The lowest BCUT2D eigenvalue weighted by molar-refractivity contribution is 0.407. The number of nitrogens with zero attached hydrogens (tertiary/aromatic N) is 1. The summed E-state index contributed by atoms with van der Waals surface area (Å²) in [6.07, 6.45) is 2.19. The van der Waals surface area contributed by atoms with E-state index < -0.39 is 0 Å². The smallest absolute Gasteiger partial charge is 0.157 e. The molecule has 2 nitrogen and oxygen atoms in total. The van der Waals surface area contributed by atoms with Crippen molar-refractivity contribution in [2.45, 2.75) is 38.8 Å². The number of rotatable bonds is 4. The molecular formula is C14H18ClFN2S. The van der Waals surface area contributed by atoms with E-state index in [4.69, 9.17) is 11.6 Å². The molecule has 1 aromatic carbocycles. The van der Waals surface area contributed by atoms with Crippen molar-refractivity contribution in [1.29, 1.82) is 0 Å². The first kappa shape index (κ1) is 14.7. The van der Waals surface area contributed by atoms with E-state index in [0.29, 0.717) is 6.54 Å². The zero-order chi connectivity index (χ0) is 13.9. The van der Waals surface area contributed by atoms with E-state index in [0.717, 1.165) is 29.3 Å². The lowest BCUT2D eigenvalue weighted by atomic mass is 9.96. The van der Waals surface area contributed by atoms with Crippen molar-refractivity contribution in [3.8, 4) is 0 Å². The molecule has 2 rings (SSSR count). The molecule has 19 heavy (non-hydrogen) atoms. The van der Waals surface area contributed by atoms with Crippen LogP contribution in [0.3, 0.4) is 0 Å². The Morgan fingerprint density at radius 3 is 2.74 bits per heavy atom. The van der Waals surface area contributed by atoms with Crippen molar-refractivity contribution < 1.29 is 4.39 Å². The van der Waals surface area contributed by atoms with E-state index in [2.05, 4.69) is 24.2 Å². The Bertz CT molecular complexity index is 486. The average Bonchev–Trinajstić information content (AvgIpc) is 2.84. The van der Waals surface area contributed by atoms with Gasteiger partial charge in [-0.3, -0.25) is 4.99 Å². The van der Waals surface area contributed by atoms with Crippen LogP contribution in [-0.4, -0.2) is 16.5 Å². The third kappa shape index (κ3) is 3.42. The Morgan fingerprint density at radius 1 is 1.42 bits per heavy atom. The SMILES string of the molecule is CCC1(CC)CSC(=NCc2ccc(F)c(Cl)c2)N1. The molecule has 0 unspecified atom stereocenters. The summed E-state index contributed by atoms with van der Waals surface area (Å²) in [7, 11) is 0. The van der Waals surface area contributed by atoms with E-state index in [1.807, 2.05) is 0 Å². The maximum absolute atomic E-state index is 13.0. The van der Waals surface area contributed by atoms with Gasteiger partial charge in [0.05, 0.1) is 11.6 Å². The van der Waals surface area contributed by atoms with Crippen LogP contribution in [-0.2, 0) is 6.54 Å². The van der Waals surface area contributed by atoms with Crippen molar-refractivity contribution in [1.82, 2.24) is 5.32 Å². The van der Waals surface area contributed by atoms with Crippen molar-refractivity contribution in [2.75, 3.05) is 5.75 Å². The van der Waals surface area contributed by atoms with Gasteiger partial charge in [-0.25, -0.2) is 4.39 Å². The molecule has 0 bridgehead atoms. The summed E-state index contributed by atoms with van der Waals surface area (Å²) in [6.45, 7) is 4.92. The first-order valence-corrected chi connectivity index (χ1v) is 7.84. The van der Waals surface area contributed by atoms with Crippen LogP contribution < -0.4 is 5.32 Å². The molecule has 1 N–H and O–H groups in total. The molecule has 0 radical (unpaired) electrons. The molecule has 0 spiro atoms. The van der Waals surface area contributed by atoms with E-state index in [-0.39, 0.29) is 16.4 Å². The van der Waals surface area contributed by atoms with Crippen LogP contribution in [0.4, 0.5) is 4.39 Å². The van der Waals surface area contributed by atoms with Crippen LogP contribution in [0.15, 0.2) is 23.2 Å². The highest BCUT2D eigenvalue weighted by molar-refractivity contribution is 8.14. The highest BCUT2D eigenvalue weighted by Crippen LogP contribution is 2.29. The molecule has 0 atom stereocenters. The first-order chi connectivity index (χ1) is 9.08. The number of aliphatic imine (C=N–C) groups is 1. The van der Waals surface area contributed by atoms with Gasteiger partial charge >= 0.3 is 0 Å². The lowest BCUT2D eigenvalue weighted by Crippen LogP contribution is -2.42. The van der Waals surface area contributed by atoms with Gasteiger partial charge in [0.15, 0.2) is 5.17 Å². The minimum absolute atomic E-state index is 0.154. The van der Waals surface area contributed by atoms with Crippen LogP contribution in [0.25, 0.3) is 0 Å². The summed E-state index contributed by atoms with van der Waals surface area (Å²) in [5, 5.41) is 4.64. The maximum Gasteiger partial charge on any atom is 0.157 e. The summed E-state index contributed by atoms with van der Waals surface area (Å²) >= 11 is 7.51. The van der Waals surface area contributed by atoms with Crippen LogP contribution in [0.5, 0.6) is 0 Å². The molecule has 1 saturated heterocycles. The fraction of sp³-hybridized carbons (Fsp3) is 0.500. The van der Waals surface area contributed by atoms with E-state index in [9.17, 15) is 4.39 Å². The predicted molar refractivity (Wildman–Crippen MR) is 81.5 cm³/mol. The molecule has 1 aliphatic heterocycles. The van der Waals surface area contributed by atoms with Crippen LogP contribution >= 0.6 is 23.4 Å². The van der Waals surface area contributed by atoms with Gasteiger partial charge in [-0.1, -0.05) is 43.3 Å². The molecule has 104 valence electrons. The minimum Gasteiger partial charge on any atom is -0.359 e. The van der Waals surface area contributed by atoms with Gasteiger partial charge < -0.3 is 5.32 Å². The van der Waals surface area contributed by atoms with E-state index in [1.165, 1.54) is 6.07 Å². The number of hydrogen-bond donors (Lipinski definition) is 1. The molecule has 5 heteroatoms. The molecule has 1 aromatic rings. The second-order valence-corrected chi connectivity index (χ2v) is 6.14. The Kier molecular flexibility index (Phi) is 4.74. The number of nitrogens with one attached hydrogen (secondary N) is 1. The van der Waals surface area contributed by atoms with Crippen LogP contribution in [0.1, 0.15) is 32.3 Å². The Labute approximate surface area is 122 Å². The van der Waals surface area contributed by atoms with Gasteiger partial charge in [0.25, 0.3) is 0 Å². The fourth-order valence-electron chi connectivity index (χ4n) is 2.02. The van der Waals surface area contributed by atoms with Crippen molar-refractivity contribution in [2.24, 2.45) is 4.99 Å². The largest absolute Gasteiger partial charge is 0.359 e. The van der Waals surface area contributed by atoms with Gasteiger partial charge in [-0.05, 0) is 30.5 Å². The number of halogens is 2. The van der Waals surface area contributed by atoms with E-state index in [1.54, 1.807) is 23.9 Å². The molecule has 1 fully saturated rings. The molecule has 0 saturated carbocycles. The monoisotopic (exact) mass is 300 g/mol. The first-order valence-electron chi connectivity index (χ1n) is 6.48. The molecule has 1 aliphatic rings. The standard InChI is InChI=1S/C14H18ClFN2S/c1-3-14(4-2)9-19-13(18-14)17-8-10-5-6-12(16)11(15)7-10/h5-7H,3-4,8-9H2,1-2H3,(H,17,18). The number of amidine groups is 1. The molecule has 0 aromatic heterocycles. The van der Waals surface area contributed by atoms with Crippen LogP contribution in [0.2, 0.25) is 5.02 Å². The number of thioether (sulfide) groups is 1. The summed E-state index contributed by atoms with van der Waals surface area (Å²) in [4.78, 5) is 4.54. The van der Waals surface area contributed by atoms with Crippen molar-refractivity contribution in [3.63, 3.8) is 0 Å². The Balaban J connectivity index is 2.02. The number of benzene rings is 1. The lowest BCUT2D eigenvalue weighted by Gasteiger charge is -2.25. The Morgan fingerprint density at radius 2 is 2.16 bits per heavy atom. The van der Waals surface area contributed by atoms with Gasteiger partial charge in [0, 0.05) is 11.3 Å². The van der Waals surface area contributed by atoms with Crippen LogP contribution in [0, 0.1) is 5.82 Å². The van der Waals surface area contributed by atoms with Crippen molar-refractivity contribution in [3.05, 3.63) is 34.6 Å². The summed E-state index contributed by atoms with van der Waals surface area (Å²) in [5.41, 5.74) is 1.11. The second-order valence-electron chi connectivity index (χ2n) is 4.77. The Hall–Kier alpha value is -0.740. The van der Waals surface area contributed by atoms with E-state index >= 15 is 0 Å². The summed E-state index contributed by atoms with van der Waals surface area (Å²) in [6, 6.07) is 4.74. The number of hydrogen-bond acceptors (Lipinski definition) is 2. The minimum atomic E-state index is -0.387. The third-order valence-corrected chi connectivity index (χ3v) is 5.09. The molecular weight excluding hydrogens is 283 g/mol. The quantitative estimate of drug-likeness (QED) is 0.900. The van der Waals surface area contributed by atoms with Gasteiger partial charge in [-0.15, -0.1) is 0 Å². The average molecular weight is 301 g/mol. The van der Waals surface area contributed by atoms with Crippen molar-refractivity contribution >= 4 is 28.5 Å². The summed E-state index contributed by atoms with van der Waals surface area (Å²) in [5.74, 6) is 0.672. The summed E-state index contributed by atoms with van der Waals surface area (Å²) < 4.78 is 13.0. The molecule has 0 amide bonds. The predicted octanol–water partition coefficient (Wildman–Crippen LogP) is 4.23. The third-order valence-electron chi connectivity index (χ3n) is 3.60. The van der Waals surface area contributed by atoms with Gasteiger partial charge in [0.2, 0.25) is 0 Å². The zero-order valence-electron chi connectivity index (χ0n) is 11.2. The molecule has 1 heterocycles. The van der Waals surface area contributed by atoms with Gasteiger partial charge in [0.1, 0.15) is 5.82 Å². The molecule has 0 aliphatic carbocycles. The maximum atomic E-state index is 13.0. The zero-order valence-corrected chi connectivity index (χ0v) is 12.7. The normalized spacial score (nSPS) is 19.7. The topological polar surface area (TPSA) is 24.4 Å². The highest BCUT2D eigenvalue weighted by atomic mass is 35.5. The fourth-order valence-corrected chi connectivity index (χ4v) is 3.56. The van der Waals surface area contributed by atoms with Gasteiger partial charge in [-0.2, -0.15) is 0 Å².